The van der Waals surface area contributed by atoms with Crippen molar-refractivity contribution in [3.8, 4) is 0 Å². The Hall–Kier alpha value is -1.17. The third kappa shape index (κ3) is 4.57. The summed E-state index contributed by atoms with van der Waals surface area (Å²) in [5, 5.41) is 2.40. The van der Waals surface area contributed by atoms with E-state index in [1.807, 2.05) is 0 Å². The summed E-state index contributed by atoms with van der Waals surface area (Å²) in [6, 6.07) is 2.85. The molecule has 0 unspecified atom stereocenters. The molecule has 0 bridgehead atoms. The van der Waals surface area contributed by atoms with Gasteiger partial charge in [0.05, 0.1) is 6.42 Å². The van der Waals surface area contributed by atoms with Crippen LogP contribution in [0.25, 0.3) is 0 Å². The summed E-state index contributed by atoms with van der Waals surface area (Å²) < 4.78 is 60.9. The van der Waals surface area contributed by atoms with Crippen molar-refractivity contribution >= 4 is 0 Å². The predicted octanol–water partition coefficient (Wildman–Crippen LogP) is 3.01. The molecule has 16 heavy (non-hydrogen) atoms. The van der Waals surface area contributed by atoms with Crippen LogP contribution in [0.3, 0.4) is 0 Å². The minimum atomic E-state index is -4.24. The molecule has 0 saturated carbocycles. The molecule has 1 aromatic rings. The highest BCUT2D eigenvalue weighted by Gasteiger charge is 2.25. The van der Waals surface area contributed by atoms with Gasteiger partial charge in [-0.25, -0.2) is 8.78 Å². The molecular weight excluding hydrogens is 229 g/mol. The van der Waals surface area contributed by atoms with E-state index in [0.717, 1.165) is 18.2 Å². The Bertz CT molecular complexity index is 348. The number of hydrogen-bond acceptors (Lipinski definition) is 1. The lowest BCUT2D eigenvalue weighted by Crippen LogP contribution is -2.21. The summed E-state index contributed by atoms with van der Waals surface area (Å²) in [6.07, 6.45) is -5.24. The summed E-state index contributed by atoms with van der Waals surface area (Å²) in [4.78, 5) is 0. The van der Waals surface area contributed by atoms with Gasteiger partial charge in [-0.1, -0.05) is 0 Å². The predicted molar refractivity (Wildman–Crippen MR) is 48.7 cm³/mol. The van der Waals surface area contributed by atoms with E-state index in [-0.39, 0.29) is 18.7 Å². The second-order valence-electron chi connectivity index (χ2n) is 3.28. The molecule has 0 aliphatic carbocycles. The third-order valence-electron chi connectivity index (χ3n) is 1.91. The molecule has 90 valence electrons. The van der Waals surface area contributed by atoms with Gasteiger partial charge < -0.3 is 5.32 Å². The first-order chi connectivity index (χ1) is 7.38. The Morgan fingerprint density at radius 2 is 1.81 bits per heavy atom. The summed E-state index contributed by atoms with van der Waals surface area (Å²) in [6.45, 7) is -0.445. The van der Waals surface area contributed by atoms with E-state index in [9.17, 15) is 22.0 Å². The van der Waals surface area contributed by atoms with Crippen LogP contribution in [0.5, 0.6) is 0 Å². The molecule has 0 radical (unpaired) electrons. The molecule has 6 heteroatoms. The van der Waals surface area contributed by atoms with Gasteiger partial charge in [-0.15, -0.1) is 0 Å². The smallest absolute Gasteiger partial charge is 0.312 e. The lowest BCUT2D eigenvalue weighted by Gasteiger charge is -2.08. The molecule has 1 aromatic carbocycles. The summed E-state index contributed by atoms with van der Waals surface area (Å²) in [5.41, 5.74) is 0.0159. The summed E-state index contributed by atoms with van der Waals surface area (Å²) in [5.74, 6) is -1.25. The summed E-state index contributed by atoms with van der Waals surface area (Å²) >= 11 is 0. The lowest BCUT2D eigenvalue weighted by molar-refractivity contribution is -0.133. The van der Waals surface area contributed by atoms with Crippen molar-refractivity contribution in [2.75, 3.05) is 6.54 Å². The van der Waals surface area contributed by atoms with E-state index in [1.165, 1.54) is 0 Å². The number of rotatable bonds is 4. The van der Waals surface area contributed by atoms with E-state index >= 15 is 0 Å². The molecule has 0 saturated heterocycles. The van der Waals surface area contributed by atoms with Gasteiger partial charge in [-0.3, -0.25) is 0 Å². The molecule has 0 aromatic heterocycles. The van der Waals surface area contributed by atoms with Crippen molar-refractivity contribution in [1.29, 1.82) is 0 Å². The van der Waals surface area contributed by atoms with E-state index in [2.05, 4.69) is 5.32 Å². The molecule has 0 aliphatic heterocycles. The molecule has 1 nitrogen and oxygen atoms in total. The van der Waals surface area contributed by atoms with E-state index in [0.29, 0.717) is 0 Å². The highest BCUT2D eigenvalue weighted by Crippen LogP contribution is 2.18. The number of hydrogen-bond donors (Lipinski definition) is 1. The molecule has 1 N–H and O–H groups in total. The van der Waals surface area contributed by atoms with Crippen molar-refractivity contribution in [2.45, 2.75) is 19.1 Å². The normalized spacial score (nSPS) is 11.8. The van der Waals surface area contributed by atoms with Crippen molar-refractivity contribution in [1.82, 2.24) is 5.32 Å². The minimum absolute atomic E-state index is 0.0159. The second-order valence-corrected chi connectivity index (χ2v) is 3.28. The van der Waals surface area contributed by atoms with Crippen LogP contribution in [0.4, 0.5) is 22.0 Å². The molecular formula is C10H10F5N. The van der Waals surface area contributed by atoms with Gasteiger partial charge in [0.15, 0.2) is 0 Å². The van der Waals surface area contributed by atoms with Crippen LogP contribution in [0.2, 0.25) is 0 Å². The largest absolute Gasteiger partial charge is 0.390 e. The Kier molecular flexibility index (Phi) is 4.23. The van der Waals surface area contributed by atoms with Crippen LogP contribution in [-0.2, 0) is 6.54 Å². The van der Waals surface area contributed by atoms with Gasteiger partial charge in [0, 0.05) is 18.7 Å². The minimum Gasteiger partial charge on any atom is -0.312 e. The molecule has 0 heterocycles. The first kappa shape index (κ1) is 12.9. The van der Waals surface area contributed by atoms with Crippen LogP contribution in [-0.4, -0.2) is 12.7 Å². The SMILES string of the molecule is Fc1ccc(F)c(CNCCC(F)(F)F)c1. The Morgan fingerprint density at radius 3 is 2.44 bits per heavy atom. The van der Waals surface area contributed by atoms with Crippen molar-refractivity contribution < 1.29 is 22.0 Å². The summed E-state index contributed by atoms with van der Waals surface area (Å²) in [7, 11) is 0. The second kappa shape index (κ2) is 5.25. The Labute approximate surface area is 89.3 Å². The quantitative estimate of drug-likeness (QED) is 0.629. The maximum Gasteiger partial charge on any atom is 0.390 e. The average molecular weight is 239 g/mol. The molecule has 0 atom stereocenters. The maximum atomic E-state index is 13.0. The van der Waals surface area contributed by atoms with Crippen LogP contribution < -0.4 is 5.32 Å². The molecule has 0 aliphatic rings. The van der Waals surface area contributed by atoms with Crippen LogP contribution in [0.1, 0.15) is 12.0 Å². The van der Waals surface area contributed by atoms with Crippen LogP contribution in [0, 0.1) is 11.6 Å². The van der Waals surface area contributed by atoms with E-state index in [1.54, 1.807) is 0 Å². The number of alkyl halides is 3. The first-order valence-electron chi connectivity index (χ1n) is 4.60. The zero-order chi connectivity index (χ0) is 12.2. The fourth-order valence-electron chi connectivity index (χ4n) is 1.13. The monoisotopic (exact) mass is 239 g/mol. The average Bonchev–Trinajstić information content (AvgIpc) is 2.16. The maximum absolute atomic E-state index is 13.0. The van der Waals surface area contributed by atoms with Gasteiger partial charge in [-0.05, 0) is 18.2 Å². The first-order valence-corrected chi connectivity index (χ1v) is 4.60. The zero-order valence-electron chi connectivity index (χ0n) is 8.24. The fraction of sp³-hybridized carbons (Fsp3) is 0.400. The molecule has 1 rings (SSSR count). The Balaban J connectivity index is 2.40. The number of benzene rings is 1. The van der Waals surface area contributed by atoms with Crippen molar-refractivity contribution in [2.24, 2.45) is 0 Å². The fourth-order valence-corrected chi connectivity index (χ4v) is 1.13. The standard InChI is InChI=1S/C10H10F5N/c11-8-1-2-9(12)7(5-8)6-16-4-3-10(13,14)15/h1-2,5,16H,3-4,6H2. The molecule has 0 fully saturated rings. The highest BCUT2D eigenvalue weighted by atomic mass is 19.4. The van der Waals surface area contributed by atoms with Gasteiger partial charge >= 0.3 is 6.18 Å². The highest BCUT2D eigenvalue weighted by molar-refractivity contribution is 5.18. The molecule has 0 amide bonds. The van der Waals surface area contributed by atoms with Gasteiger partial charge in [0.1, 0.15) is 11.6 Å². The third-order valence-corrected chi connectivity index (χ3v) is 1.91. The molecule has 0 spiro atoms. The van der Waals surface area contributed by atoms with Crippen LogP contribution in [0.15, 0.2) is 18.2 Å². The van der Waals surface area contributed by atoms with Crippen molar-refractivity contribution in [3.05, 3.63) is 35.4 Å². The van der Waals surface area contributed by atoms with Gasteiger partial charge in [-0.2, -0.15) is 13.2 Å². The van der Waals surface area contributed by atoms with Crippen molar-refractivity contribution in [3.63, 3.8) is 0 Å². The van der Waals surface area contributed by atoms with Gasteiger partial charge in [0.25, 0.3) is 0 Å². The van der Waals surface area contributed by atoms with E-state index in [4.69, 9.17) is 0 Å². The number of nitrogens with one attached hydrogen (secondary N) is 1. The number of halogens is 5. The lowest BCUT2D eigenvalue weighted by atomic mass is 10.2. The van der Waals surface area contributed by atoms with Gasteiger partial charge in [0.2, 0.25) is 0 Å². The van der Waals surface area contributed by atoms with E-state index < -0.39 is 24.2 Å². The topological polar surface area (TPSA) is 12.0 Å². The Morgan fingerprint density at radius 1 is 1.12 bits per heavy atom. The van der Waals surface area contributed by atoms with Crippen LogP contribution >= 0.6 is 0 Å². The zero-order valence-corrected chi connectivity index (χ0v) is 8.24.